The number of ether oxygens (including phenoxy) is 1. The standard InChI is InChI=1S/C16H25NOS/c1-3-17-16(15-11-7-8-12-19-15)13-9-5-6-10-14(13)18-4-2/h5-6,9-10,15-17H,3-4,7-8,11-12H2,1-2H3. The predicted octanol–water partition coefficient (Wildman–Crippen LogP) is 4.02. The summed E-state index contributed by atoms with van der Waals surface area (Å²) < 4.78 is 5.81. The highest BCUT2D eigenvalue weighted by Crippen LogP contribution is 2.37. The lowest BCUT2D eigenvalue weighted by Gasteiger charge is -2.31. The van der Waals surface area contributed by atoms with Crippen molar-refractivity contribution in [3.63, 3.8) is 0 Å². The first-order valence-electron chi connectivity index (χ1n) is 7.43. The van der Waals surface area contributed by atoms with Gasteiger partial charge in [-0.05, 0) is 38.1 Å². The second kappa shape index (κ2) is 7.81. The van der Waals surface area contributed by atoms with Crippen LogP contribution >= 0.6 is 11.8 Å². The Balaban J connectivity index is 2.21. The van der Waals surface area contributed by atoms with E-state index in [2.05, 4.69) is 48.3 Å². The molecular weight excluding hydrogens is 254 g/mol. The van der Waals surface area contributed by atoms with E-state index in [0.717, 1.165) is 18.9 Å². The maximum atomic E-state index is 5.81. The van der Waals surface area contributed by atoms with Crippen LogP contribution in [-0.2, 0) is 0 Å². The van der Waals surface area contributed by atoms with E-state index in [1.165, 1.54) is 30.6 Å². The van der Waals surface area contributed by atoms with Gasteiger partial charge in [-0.15, -0.1) is 0 Å². The van der Waals surface area contributed by atoms with Crippen LogP contribution < -0.4 is 10.1 Å². The fourth-order valence-electron chi connectivity index (χ4n) is 2.71. The first-order valence-corrected chi connectivity index (χ1v) is 8.48. The van der Waals surface area contributed by atoms with Crippen molar-refractivity contribution in [2.24, 2.45) is 0 Å². The van der Waals surface area contributed by atoms with E-state index in [4.69, 9.17) is 4.74 Å². The van der Waals surface area contributed by atoms with Crippen molar-refractivity contribution in [3.8, 4) is 5.75 Å². The van der Waals surface area contributed by atoms with Crippen molar-refractivity contribution in [2.45, 2.75) is 44.4 Å². The minimum absolute atomic E-state index is 0.415. The topological polar surface area (TPSA) is 21.3 Å². The number of thioether (sulfide) groups is 1. The molecule has 3 heteroatoms. The minimum Gasteiger partial charge on any atom is -0.494 e. The highest BCUT2D eigenvalue weighted by atomic mass is 32.2. The van der Waals surface area contributed by atoms with Crippen molar-refractivity contribution in [3.05, 3.63) is 29.8 Å². The normalized spacial score (nSPS) is 21.1. The molecule has 0 radical (unpaired) electrons. The Morgan fingerprint density at radius 1 is 1.32 bits per heavy atom. The molecular formula is C16H25NOS. The van der Waals surface area contributed by atoms with Gasteiger partial charge in [-0.3, -0.25) is 0 Å². The summed E-state index contributed by atoms with van der Waals surface area (Å²) >= 11 is 2.11. The molecule has 2 unspecified atom stereocenters. The second-order valence-corrected chi connectivity index (χ2v) is 6.26. The number of para-hydroxylation sites is 1. The number of nitrogens with one attached hydrogen (secondary N) is 1. The molecule has 19 heavy (non-hydrogen) atoms. The maximum absolute atomic E-state index is 5.81. The Bertz CT molecular complexity index is 377. The monoisotopic (exact) mass is 279 g/mol. The van der Waals surface area contributed by atoms with E-state index in [0.29, 0.717) is 11.3 Å². The number of benzene rings is 1. The van der Waals surface area contributed by atoms with Crippen LogP contribution in [0.5, 0.6) is 5.75 Å². The summed E-state index contributed by atoms with van der Waals surface area (Å²) in [6, 6.07) is 8.91. The number of hydrogen-bond acceptors (Lipinski definition) is 3. The van der Waals surface area contributed by atoms with E-state index in [-0.39, 0.29) is 0 Å². The van der Waals surface area contributed by atoms with Crippen LogP contribution in [0.1, 0.15) is 44.7 Å². The van der Waals surface area contributed by atoms with Crippen molar-refractivity contribution >= 4 is 11.8 Å². The Morgan fingerprint density at radius 2 is 2.16 bits per heavy atom. The zero-order valence-electron chi connectivity index (χ0n) is 12.0. The van der Waals surface area contributed by atoms with Crippen molar-refractivity contribution in [1.82, 2.24) is 5.32 Å². The van der Waals surface area contributed by atoms with Crippen LogP contribution in [-0.4, -0.2) is 24.2 Å². The highest BCUT2D eigenvalue weighted by Gasteiger charge is 2.26. The quantitative estimate of drug-likeness (QED) is 0.849. The van der Waals surface area contributed by atoms with Crippen molar-refractivity contribution in [2.75, 3.05) is 18.9 Å². The molecule has 0 bridgehead atoms. The zero-order valence-corrected chi connectivity index (χ0v) is 12.8. The van der Waals surface area contributed by atoms with Gasteiger partial charge in [-0.2, -0.15) is 11.8 Å². The van der Waals surface area contributed by atoms with E-state index in [1.807, 2.05) is 6.92 Å². The van der Waals surface area contributed by atoms with Crippen molar-refractivity contribution in [1.29, 1.82) is 0 Å². The predicted molar refractivity (Wildman–Crippen MR) is 84.1 cm³/mol. The summed E-state index contributed by atoms with van der Waals surface area (Å²) in [5, 5.41) is 4.34. The molecule has 0 aliphatic carbocycles. The lowest BCUT2D eigenvalue weighted by atomic mass is 9.98. The minimum atomic E-state index is 0.415. The molecule has 2 atom stereocenters. The van der Waals surface area contributed by atoms with Gasteiger partial charge in [0.05, 0.1) is 6.61 Å². The van der Waals surface area contributed by atoms with Gasteiger partial charge in [0.25, 0.3) is 0 Å². The first kappa shape index (κ1) is 14.7. The third kappa shape index (κ3) is 3.90. The third-order valence-electron chi connectivity index (χ3n) is 3.56. The number of hydrogen-bond donors (Lipinski definition) is 1. The molecule has 1 aromatic carbocycles. The second-order valence-electron chi connectivity index (χ2n) is 4.91. The molecule has 1 aliphatic heterocycles. The Labute approximate surface area is 121 Å². The summed E-state index contributed by atoms with van der Waals surface area (Å²) in [5.74, 6) is 2.34. The molecule has 1 N–H and O–H groups in total. The molecule has 1 aliphatic rings. The van der Waals surface area contributed by atoms with Crippen molar-refractivity contribution < 1.29 is 4.74 Å². The average molecular weight is 279 g/mol. The molecule has 0 saturated carbocycles. The molecule has 0 aromatic heterocycles. The van der Waals surface area contributed by atoms with Crippen LogP contribution in [0.3, 0.4) is 0 Å². The smallest absolute Gasteiger partial charge is 0.124 e. The molecule has 2 rings (SSSR count). The molecule has 1 fully saturated rings. The summed E-state index contributed by atoms with van der Waals surface area (Å²) in [4.78, 5) is 0. The van der Waals surface area contributed by atoms with E-state index in [1.54, 1.807) is 0 Å². The van der Waals surface area contributed by atoms with Crippen LogP contribution in [0, 0.1) is 0 Å². The fraction of sp³-hybridized carbons (Fsp3) is 0.625. The summed E-state index contributed by atoms with van der Waals surface area (Å²) in [7, 11) is 0. The lowest BCUT2D eigenvalue weighted by Crippen LogP contribution is -2.32. The molecule has 1 saturated heterocycles. The van der Waals surface area contributed by atoms with Crippen LogP contribution in [0.2, 0.25) is 0 Å². The van der Waals surface area contributed by atoms with Gasteiger partial charge in [0.1, 0.15) is 5.75 Å². The van der Waals surface area contributed by atoms with Gasteiger partial charge in [0, 0.05) is 16.9 Å². The Morgan fingerprint density at radius 3 is 2.84 bits per heavy atom. The molecule has 1 heterocycles. The van der Waals surface area contributed by atoms with Crippen LogP contribution in [0.15, 0.2) is 24.3 Å². The highest BCUT2D eigenvalue weighted by molar-refractivity contribution is 8.00. The summed E-state index contributed by atoms with van der Waals surface area (Å²) in [6.45, 7) is 5.97. The average Bonchev–Trinajstić information content (AvgIpc) is 2.47. The van der Waals surface area contributed by atoms with Crippen LogP contribution in [0.25, 0.3) is 0 Å². The maximum Gasteiger partial charge on any atom is 0.124 e. The Hall–Kier alpha value is -0.670. The van der Waals surface area contributed by atoms with E-state index in [9.17, 15) is 0 Å². The van der Waals surface area contributed by atoms with Gasteiger partial charge in [-0.25, -0.2) is 0 Å². The molecule has 0 spiro atoms. The summed E-state index contributed by atoms with van der Waals surface area (Å²) in [6.07, 6.45) is 4.03. The van der Waals surface area contributed by atoms with E-state index >= 15 is 0 Å². The largest absolute Gasteiger partial charge is 0.494 e. The number of rotatable bonds is 6. The molecule has 1 aromatic rings. The summed E-state index contributed by atoms with van der Waals surface area (Å²) in [5.41, 5.74) is 1.32. The zero-order chi connectivity index (χ0) is 13.5. The fourth-order valence-corrected chi connectivity index (χ4v) is 4.16. The molecule has 106 valence electrons. The molecule has 2 nitrogen and oxygen atoms in total. The van der Waals surface area contributed by atoms with Gasteiger partial charge in [0.15, 0.2) is 0 Å². The van der Waals surface area contributed by atoms with Gasteiger partial charge < -0.3 is 10.1 Å². The molecule has 0 amide bonds. The SMILES string of the molecule is CCNC(c1ccccc1OCC)C1CCCCS1. The first-order chi connectivity index (χ1) is 9.36. The Kier molecular flexibility index (Phi) is 6.05. The lowest BCUT2D eigenvalue weighted by molar-refractivity contribution is 0.330. The van der Waals surface area contributed by atoms with Gasteiger partial charge in [-0.1, -0.05) is 31.5 Å². The third-order valence-corrected chi connectivity index (χ3v) is 5.03. The van der Waals surface area contributed by atoms with Crippen LogP contribution in [0.4, 0.5) is 0 Å². The van der Waals surface area contributed by atoms with Gasteiger partial charge >= 0.3 is 0 Å². The van der Waals surface area contributed by atoms with Gasteiger partial charge in [0.2, 0.25) is 0 Å². The van der Waals surface area contributed by atoms with E-state index < -0.39 is 0 Å².